The molecule has 0 saturated heterocycles. The largest absolute Gasteiger partial charge is 0.480 e. The molecule has 1 amide bonds. The van der Waals surface area contributed by atoms with Gasteiger partial charge in [-0.05, 0) is 18.1 Å². The van der Waals surface area contributed by atoms with Gasteiger partial charge in [0.1, 0.15) is 11.9 Å². The van der Waals surface area contributed by atoms with Crippen LogP contribution in [0, 0.1) is 11.7 Å². The Morgan fingerprint density at radius 1 is 1.42 bits per heavy atom. The monoisotopic (exact) mass is 353 g/mol. The molecule has 0 saturated carbocycles. The molecular weight excluding hydrogens is 333 g/mol. The molecule has 1 aromatic heterocycles. The fraction of sp³-hybridized carbons (Fsp3) is 0.412. The second kappa shape index (κ2) is 7.72. The van der Waals surface area contributed by atoms with Gasteiger partial charge in [-0.15, -0.1) is 11.3 Å². The number of nitrogens with one attached hydrogen (secondary N) is 1. The summed E-state index contributed by atoms with van der Waals surface area (Å²) in [5, 5.41) is 12.2. The summed E-state index contributed by atoms with van der Waals surface area (Å²) in [6.07, 6.45) is 0.614. The van der Waals surface area contributed by atoms with E-state index in [0.717, 1.165) is 11.3 Å². The summed E-state index contributed by atoms with van der Waals surface area (Å²) in [5.41, 5.74) is 0.446. The van der Waals surface area contributed by atoms with E-state index in [1.165, 1.54) is 13.2 Å². The van der Waals surface area contributed by atoms with E-state index in [-0.39, 0.29) is 17.4 Å². The molecule has 0 bridgehead atoms. The molecule has 2 N–H and O–H groups in total. The van der Waals surface area contributed by atoms with Crippen LogP contribution in [0.15, 0.2) is 18.2 Å². The second-order valence-corrected chi connectivity index (χ2v) is 6.68. The highest BCUT2D eigenvalue weighted by atomic mass is 32.1. The maximum Gasteiger partial charge on any atom is 0.326 e. The number of hydrogen-bond acceptors (Lipinski definition) is 4. The van der Waals surface area contributed by atoms with Crippen LogP contribution in [0.3, 0.4) is 0 Å². The van der Waals surface area contributed by atoms with Gasteiger partial charge in [-0.1, -0.05) is 26.3 Å². The predicted octanol–water partition coefficient (Wildman–Crippen LogP) is 3.42. The fourth-order valence-electron chi connectivity index (χ4n) is 2.52. The number of amides is 1. The van der Waals surface area contributed by atoms with Crippen molar-refractivity contribution >= 4 is 33.3 Å². The zero-order chi connectivity index (χ0) is 17.9. The number of rotatable bonds is 7. The van der Waals surface area contributed by atoms with Crippen LogP contribution in [0.2, 0.25) is 0 Å². The lowest BCUT2D eigenvalue weighted by molar-refractivity contribution is -0.140. The minimum Gasteiger partial charge on any atom is -0.480 e. The van der Waals surface area contributed by atoms with Gasteiger partial charge in [0.25, 0.3) is 5.91 Å². The summed E-state index contributed by atoms with van der Waals surface area (Å²) in [6, 6.07) is 3.64. The number of thiophene rings is 1. The molecule has 2 aromatic rings. The van der Waals surface area contributed by atoms with Crippen LogP contribution in [-0.4, -0.2) is 30.1 Å². The highest BCUT2D eigenvalue weighted by Crippen LogP contribution is 2.34. The van der Waals surface area contributed by atoms with Gasteiger partial charge in [0.15, 0.2) is 0 Å². The summed E-state index contributed by atoms with van der Waals surface area (Å²) in [5.74, 6) is -2.25. The number of carboxylic acid groups (broad SMARTS) is 1. The fourth-order valence-corrected chi connectivity index (χ4v) is 3.65. The average molecular weight is 353 g/mol. The number of carboxylic acids is 1. The van der Waals surface area contributed by atoms with Gasteiger partial charge >= 0.3 is 5.97 Å². The highest BCUT2D eigenvalue weighted by Gasteiger charge is 2.28. The number of halogens is 1. The topological polar surface area (TPSA) is 75.6 Å². The molecule has 0 aliphatic carbocycles. The van der Waals surface area contributed by atoms with Crippen molar-refractivity contribution in [2.45, 2.75) is 32.9 Å². The number of carbonyl (C=O) groups is 2. The van der Waals surface area contributed by atoms with Crippen LogP contribution < -0.4 is 5.32 Å². The lowest BCUT2D eigenvalue weighted by Crippen LogP contribution is -2.45. The van der Waals surface area contributed by atoms with Crippen molar-refractivity contribution in [2.24, 2.45) is 5.92 Å². The molecule has 0 aliphatic rings. The van der Waals surface area contributed by atoms with E-state index in [0.29, 0.717) is 22.1 Å². The summed E-state index contributed by atoms with van der Waals surface area (Å²) in [6.45, 7) is 3.70. The molecule has 0 spiro atoms. The molecule has 2 rings (SSSR count). The molecule has 0 fully saturated rings. The Bertz CT molecular complexity index is 758. The van der Waals surface area contributed by atoms with Crippen LogP contribution in [0.4, 0.5) is 4.39 Å². The van der Waals surface area contributed by atoms with E-state index < -0.39 is 23.7 Å². The maximum absolute atomic E-state index is 14.1. The SMILES string of the molecule is CC[C@H](C)[C@H](NC(=O)c1sc2cccc(F)c2c1COC)C(=O)O. The lowest BCUT2D eigenvalue weighted by atomic mass is 9.99. The first kappa shape index (κ1) is 18.4. The number of methoxy groups -OCH3 is 1. The first-order valence-electron chi connectivity index (χ1n) is 7.63. The van der Waals surface area contributed by atoms with E-state index >= 15 is 0 Å². The van der Waals surface area contributed by atoms with Crippen LogP contribution in [0.25, 0.3) is 10.1 Å². The Balaban J connectivity index is 2.43. The summed E-state index contributed by atoms with van der Waals surface area (Å²) in [4.78, 5) is 24.3. The number of aliphatic carboxylic acids is 1. The average Bonchev–Trinajstić information content (AvgIpc) is 2.92. The first-order chi connectivity index (χ1) is 11.4. The van der Waals surface area contributed by atoms with Crippen molar-refractivity contribution < 1.29 is 23.8 Å². The Hall–Kier alpha value is -1.99. The Labute approximate surface area is 143 Å². The van der Waals surface area contributed by atoms with Crippen molar-refractivity contribution in [3.63, 3.8) is 0 Å². The number of carbonyl (C=O) groups excluding carboxylic acids is 1. The third-order valence-electron chi connectivity index (χ3n) is 4.02. The van der Waals surface area contributed by atoms with Crippen molar-refractivity contribution in [3.8, 4) is 0 Å². The molecule has 0 aliphatic heterocycles. The molecule has 1 heterocycles. The van der Waals surface area contributed by atoms with E-state index in [9.17, 15) is 19.1 Å². The van der Waals surface area contributed by atoms with Crippen molar-refractivity contribution in [1.82, 2.24) is 5.32 Å². The lowest BCUT2D eigenvalue weighted by Gasteiger charge is -2.20. The van der Waals surface area contributed by atoms with Gasteiger partial charge in [-0.3, -0.25) is 4.79 Å². The van der Waals surface area contributed by atoms with Gasteiger partial charge in [0.05, 0.1) is 11.5 Å². The third-order valence-corrected chi connectivity index (χ3v) is 5.22. The van der Waals surface area contributed by atoms with E-state index in [4.69, 9.17) is 4.74 Å². The van der Waals surface area contributed by atoms with Gasteiger partial charge in [-0.2, -0.15) is 0 Å². The normalized spacial score (nSPS) is 13.7. The van der Waals surface area contributed by atoms with Crippen molar-refractivity contribution in [2.75, 3.05) is 7.11 Å². The van der Waals surface area contributed by atoms with Crippen LogP contribution in [0.1, 0.15) is 35.5 Å². The maximum atomic E-state index is 14.1. The minimum absolute atomic E-state index is 0.0742. The van der Waals surface area contributed by atoms with Crippen LogP contribution >= 0.6 is 11.3 Å². The van der Waals surface area contributed by atoms with Gasteiger partial charge < -0.3 is 15.2 Å². The van der Waals surface area contributed by atoms with E-state index in [1.54, 1.807) is 19.1 Å². The standard InChI is InChI=1S/C17H20FNO4S/c1-4-9(2)14(17(21)22)19-16(20)15-10(8-23-3)13-11(18)6-5-7-12(13)24-15/h5-7,9,14H,4,8H2,1-3H3,(H,19,20)(H,21,22)/t9-,14-/m0/s1. The number of fused-ring (bicyclic) bond motifs is 1. The summed E-state index contributed by atoms with van der Waals surface area (Å²) < 4.78 is 19.9. The molecule has 130 valence electrons. The second-order valence-electron chi connectivity index (χ2n) is 5.63. The molecule has 0 radical (unpaired) electrons. The summed E-state index contributed by atoms with van der Waals surface area (Å²) in [7, 11) is 1.46. The van der Waals surface area contributed by atoms with Crippen LogP contribution in [-0.2, 0) is 16.1 Å². The quantitative estimate of drug-likeness (QED) is 0.800. The molecule has 7 heteroatoms. The first-order valence-corrected chi connectivity index (χ1v) is 8.44. The van der Waals surface area contributed by atoms with Gasteiger partial charge in [0.2, 0.25) is 0 Å². The zero-order valence-electron chi connectivity index (χ0n) is 13.8. The van der Waals surface area contributed by atoms with Gasteiger partial charge in [0, 0.05) is 22.8 Å². The van der Waals surface area contributed by atoms with E-state index in [1.807, 2.05) is 6.92 Å². The molecule has 5 nitrogen and oxygen atoms in total. The summed E-state index contributed by atoms with van der Waals surface area (Å²) >= 11 is 1.13. The van der Waals surface area contributed by atoms with Crippen molar-refractivity contribution in [3.05, 3.63) is 34.5 Å². The molecule has 2 atom stereocenters. The van der Waals surface area contributed by atoms with Crippen LogP contribution in [0.5, 0.6) is 0 Å². The Morgan fingerprint density at radius 3 is 2.71 bits per heavy atom. The smallest absolute Gasteiger partial charge is 0.326 e. The number of ether oxygens (including phenoxy) is 1. The zero-order valence-corrected chi connectivity index (χ0v) is 14.6. The number of benzene rings is 1. The number of hydrogen-bond donors (Lipinski definition) is 2. The van der Waals surface area contributed by atoms with Crippen molar-refractivity contribution in [1.29, 1.82) is 0 Å². The third kappa shape index (κ3) is 3.57. The molecule has 0 unspecified atom stereocenters. The minimum atomic E-state index is -1.08. The van der Waals surface area contributed by atoms with Gasteiger partial charge in [-0.25, -0.2) is 9.18 Å². The molecule has 1 aromatic carbocycles. The predicted molar refractivity (Wildman–Crippen MR) is 90.8 cm³/mol. The Kier molecular flexibility index (Phi) is 5.90. The van der Waals surface area contributed by atoms with E-state index in [2.05, 4.69) is 5.32 Å². The molecule has 24 heavy (non-hydrogen) atoms. The highest BCUT2D eigenvalue weighted by molar-refractivity contribution is 7.21. The Morgan fingerprint density at radius 2 is 2.12 bits per heavy atom. The molecular formula is C17H20FNO4S.